The number of nitrogens with zero attached hydrogens (tertiary/aromatic N) is 2. The Kier molecular flexibility index (Phi) is 8.25. The van der Waals surface area contributed by atoms with Crippen molar-refractivity contribution in [1.82, 2.24) is 20.4 Å². The number of carbonyl (C=O) groups is 2. The van der Waals surface area contributed by atoms with Crippen molar-refractivity contribution in [3.8, 4) is 0 Å². The number of nitrogens with one attached hydrogen (secondary N) is 3. The van der Waals surface area contributed by atoms with Crippen molar-refractivity contribution in [3.05, 3.63) is 47.8 Å². The highest BCUT2D eigenvalue weighted by molar-refractivity contribution is 5.92. The van der Waals surface area contributed by atoms with E-state index in [1.54, 1.807) is 31.1 Å². The summed E-state index contributed by atoms with van der Waals surface area (Å²) >= 11 is 0. The second kappa shape index (κ2) is 11.5. The standard InChI is InChI=1S/C31H45N5O4/c1-30(14-6-15-30)18-32-29(39)31(2,19-40-4)22-7-5-8-23(17-22)34-28(38)26(25(20-9-10-20)21-11-12-21)35-27(37)24-13-16-33-36(24)3/h5,7-8,13,16-17,20-21,25-26,28,34,38H,6,9-12,14-15,18-19H2,1-4H3,(H,32,39)(H,35,37)/t26-,28?,31?/m0/s1. The van der Waals surface area contributed by atoms with Gasteiger partial charge in [-0.3, -0.25) is 14.3 Å². The number of methoxy groups -OCH3 is 1. The fraction of sp³-hybridized carbons (Fsp3) is 0.645. The lowest BCUT2D eigenvalue weighted by molar-refractivity contribution is -0.129. The molecule has 2 unspecified atom stereocenters. The van der Waals surface area contributed by atoms with Crippen molar-refractivity contribution in [3.63, 3.8) is 0 Å². The molecule has 3 saturated carbocycles. The molecule has 1 aromatic carbocycles. The minimum absolute atomic E-state index is 0.0657. The quantitative estimate of drug-likeness (QED) is 0.267. The lowest BCUT2D eigenvalue weighted by Gasteiger charge is -2.39. The Bertz CT molecular complexity index is 1190. The van der Waals surface area contributed by atoms with Gasteiger partial charge in [0.2, 0.25) is 5.91 Å². The van der Waals surface area contributed by atoms with Crippen LogP contribution in [0.1, 0.15) is 74.8 Å². The third-order valence-corrected chi connectivity index (χ3v) is 9.42. The van der Waals surface area contributed by atoms with E-state index in [1.807, 2.05) is 31.2 Å². The highest BCUT2D eigenvalue weighted by atomic mass is 16.5. The van der Waals surface area contributed by atoms with Crippen LogP contribution in [0.25, 0.3) is 0 Å². The topological polar surface area (TPSA) is 118 Å². The molecule has 0 saturated heterocycles. The van der Waals surface area contributed by atoms with Gasteiger partial charge in [0.1, 0.15) is 11.9 Å². The van der Waals surface area contributed by atoms with Crippen molar-refractivity contribution in [2.45, 2.75) is 76.5 Å². The van der Waals surface area contributed by atoms with Crippen molar-refractivity contribution in [1.29, 1.82) is 0 Å². The molecule has 9 heteroatoms. The number of aliphatic hydroxyl groups excluding tert-OH is 1. The Morgan fingerprint density at radius 1 is 1.20 bits per heavy atom. The number of benzene rings is 1. The first kappa shape index (κ1) is 28.6. The summed E-state index contributed by atoms with van der Waals surface area (Å²) in [7, 11) is 3.35. The van der Waals surface area contributed by atoms with E-state index >= 15 is 0 Å². The monoisotopic (exact) mass is 551 g/mol. The van der Waals surface area contributed by atoms with Crippen LogP contribution < -0.4 is 16.0 Å². The number of hydrogen-bond donors (Lipinski definition) is 4. The second-order valence-electron chi connectivity index (χ2n) is 12.9. The highest BCUT2D eigenvalue weighted by Crippen LogP contribution is 2.51. The summed E-state index contributed by atoms with van der Waals surface area (Å²) in [5.74, 6) is 0.927. The molecule has 1 heterocycles. The Labute approximate surface area is 237 Å². The van der Waals surface area contributed by atoms with Crippen LogP contribution in [0.2, 0.25) is 0 Å². The Morgan fingerprint density at radius 3 is 2.45 bits per heavy atom. The molecule has 3 atom stereocenters. The third-order valence-electron chi connectivity index (χ3n) is 9.42. The van der Waals surface area contributed by atoms with Crippen molar-refractivity contribution < 1.29 is 19.4 Å². The lowest BCUT2D eigenvalue weighted by Crippen LogP contribution is -2.52. The van der Waals surface area contributed by atoms with Gasteiger partial charge in [0.05, 0.1) is 18.1 Å². The summed E-state index contributed by atoms with van der Waals surface area (Å²) in [6, 6.07) is 8.85. The third kappa shape index (κ3) is 6.20. The predicted octanol–water partition coefficient (Wildman–Crippen LogP) is 3.60. The minimum atomic E-state index is -1.00. The molecule has 3 aliphatic carbocycles. The van der Waals surface area contributed by atoms with Gasteiger partial charge in [-0.1, -0.05) is 25.5 Å². The summed E-state index contributed by atoms with van der Waals surface area (Å²) < 4.78 is 7.06. The van der Waals surface area contributed by atoms with E-state index in [-0.39, 0.29) is 29.8 Å². The van der Waals surface area contributed by atoms with Crippen LogP contribution in [0.5, 0.6) is 0 Å². The highest BCUT2D eigenvalue weighted by Gasteiger charge is 2.48. The van der Waals surface area contributed by atoms with Gasteiger partial charge in [-0.15, -0.1) is 0 Å². The second-order valence-corrected chi connectivity index (χ2v) is 12.9. The van der Waals surface area contributed by atoms with Crippen LogP contribution in [0, 0.1) is 23.2 Å². The van der Waals surface area contributed by atoms with Crippen LogP contribution in [-0.2, 0) is 22.0 Å². The van der Waals surface area contributed by atoms with Crippen molar-refractivity contribution >= 4 is 17.5 Å². The fourth-order valence-electron chi connectivity index (χ4n) is 6.37. The van der Waals surface area contributed by atoms with E-state index in [0.29, 0.717) is 29.8 Å². The molecule has 218 valence electrons. The van der Waals surface area contributed by atoms with Gasteiger partial charge < -0.3 is 25.8 Å². The first-order valence-corrected chi connectivity index (χ1v) is 14.7. The van der Waals surface area contributed by atoms with E-state index in [0.717, 1.165) is 44.1 Å². The zero-order valence-corrected chi connectivity index (χ0v) is 24.3. The molecule has 2 aromatic rings. The number of aliphatic hydroxyl groups is 1. The number of hydrogen-bond acceptors (Lipinski definition) is 6. The van der Waals surface area contributed by atoms with E-state index < -0.39 is 17.7 Å². The summed E-state index contributed by atoms with van der Waals surface area (Å²) in [6.07, 6.45) is 8.59. The van der Waals surface area contributed by atoms with Crippen LogP contribution in [0.15, 0.2) is 36.5 Å². The number of carbonyl (C=O) groups excluding carboxylic acids is 2. The molecule has 0 spiro atoms. The molecule has 4 N–H and O–H groups in total. The number of ether oxygens (including phenoxy) is 1. The van der Waals surface area contributed by atoms with Gasteiger partial charge >= 0.3 is 0 Å². The zero-order chi connectivity index (χ0) is 28.5. The zero-order valence-electron chi connectivity index (χ0n) is 24.3. The summed E-state index contributed by atoms with van der Waals surface area (Å²) in [5.41, 5.74) is 1.23. The van der Waals surface area contributed by atoms with Crippen LogP contribution in [0.3, 0.4) is 0 Å². The summed E-state index contributed by atoms with van der Waals surface area (Å²) in [5, 5.41) is 25.3. The summed E-state index contributed by atoms with van der Waals surface area (Å²) in [6.45, 7) is 5.01. The van der Waals surface area contributed by atoms with Gasteiger partial charge in [-0.25, -0.2) is 0 Å². The molecule has 5 rings (SSSR count). The van der Waals surface area contributed by atoms with Crippen LogP contribution in [-0.4, -0.2) is 59.2 Å². The van der Waals surface area contributed by atoms with E-state index in [1.165, 1.54) is 6.42 Å². The maximum Gasteiger partial charge on any atom is 0.269 e. The Balaban J connectivity index is 1.34. The SMILES string of the molecule is COCC(C)(C(=O)NCC1(C)CCC1)c1cccc(NC(O)[C@@H](NC(=O)c2ccnn2C)C(C2CC2)C2CC2)c1. The fourth-order valence-corrected chi connectivity index (χ4v) is 6.37. The smallest absolute Gasteiger partial charge is 0.269 e. The molecular weight excluding hydrogens is 506 g/mol. The normalized spacial score (nSPS) is 21.1. The molecular formula is C31H45N5O4. The number of aromatic nitrogens is 2. The van der Waals surface area contributed by atoms with Gasteiger partial charge in [0, 0.05) is 32.6 Å². The van der Waals surface area contributed by atoms with Gasteiger partial charge in [0.15, 0.2) is 0 Å². The summed E-state index contributed by atoms with van der Waals surface area (Å²) in [4.78, 5) is 26.7. The van der Waals surface area contributed by atoms with E-state index in [2.05, 4.69) is 28.0 Å². The van der Waals surface area contributed by atoms with Crippen molar-refractivity contribution in [2.24, 2.45) is 30.2 Å². The first-order chi connectivity index (χ1) is 19.1. The number of rotatable bonds is 14. The minimum Gasteiger partial charge on any atom is -0.383 e. The van der Waals surface area contributed by atoms with E-state index in [4.69, 9.17) is 4.74 Å². The number of aryl methyl sites for hydroxylation is 1. The number of amides is 2. The van der Waals surface area contributed by atoms with Crippen molar-refractivity contribution in [2.75, 3.05) is 25.6 Å². The molecule has 3 fully saturated rings. The number of anilines is 1. The molecule has 2 amide bonds. The molecule has 1 aromatic heterocycles. The largest absolute Gasteiger partial charge is 0.383 e. The maximum absolute atomic E-state index is 13.5. The molecule has 0 radical (unpaired) electrons. The van der Waals surface area contributed by atoms with Gasteiger partial charge in [-0.05, 0) is 92.4 Å². The average Bonchev–Trinajstić information content (AvgIpc) is 3.86. The molecule has 0 aliphatic heterocycles. The molecule has 9 nitrogen and oxygen atoms in total. The van der Waals surface area contributed by atoms with Crippen LogP contribution >= 0.6 is 0 Å². The first-order valence-electron chi connectivity index (χ1n) is 14.7. The molecule has 40 heavy (non-hydrogen) atoms. The average molecular weight is 552 g/mol. The van der Waals surface area contributed by atoms with E-state index in [9.17, 15) is 14.7 Å². The van der Waals surface area contributed by atoms with Gasteiger partial charge in [0.25, 0.3) is 5.91 Å². The Hall–Kier alpha value is -2.91. The maximum atomic E-state index is 13.5. The lowest BCUT2D eigenvalue weighted by atomic mass is 9.70. The Morgan fingerprint density at radius 2 is 1.90 bits per heavy atom. The predicted molar refractivity (Wildman–Crippen MR) is 154 cm³/mol. The molecule has 0 bridgehead atoms. The van der Waals surface area contributed by atoms with Gasteiger partial charge in [-0.2, -0.15) is 5.10 Å². The molecule has 3 aliphatic rings. The van der Waals surface area contributed by atoms with Crippen LogP contribution in [0.4, 0.5) is 5.69 Å².